The molecule has 14 nitrogen and oxygen atoms in total. The number of imidazole rings is 1. The molecule has 3 aromatic rings. The number of anilines is 1. The number of esters is 1. The number of nitrogens with one attached hydrogen (secondary N) is 1. The summed E-state index contributed by atoms with van der Waals surface area (Å²) in [4.78, 5) is 27.5. The fourth-order valence-electron chi connectivity index (χ4n) is 4.37. The van der Waals surface area contributed by atoms with Crippen molar-refractivity contribution < 1.29 is 38.1 Å². The number of fused-ring (bicyclic) bond motifs is 1. The number of rotatable bonds is 11. The molecule has 41 heavy (non-hydrogen) atoms. The molecule has 224 valence electrons. The lowest BCUT2D eigenvalue weighted by molar-refractivity contribution is -0.149. The van der Waals surface area contributed by atoms with Crippen LogP contribution in [0, 0.1) is 6.92 Å². The molecule has 15 heteroatoms. The van der Waals surface area contributed by atoms with Gasteiger partial charge in [-0.3, -0.25) is 13.9 Å². The molecule has 1 saturated heterocycles. The SMILES string of the molecule is Cc1nc(N(C)C)c2ncn([C@@H]3O[C@H](CO[P@@](=O)(N[C@H](C)C(=O)OC(C)C)Oc4ccccc4)[C@@H](O)[C@@]3(C)O)c2n1. The number of para-hydroxylation sites is 1. The van der Waals surface area contributed by atoms with Gasteiger partial charge in [0.2, 0.25) is 0 Å². The summed E-state index contributed by atoms with van der Waals surface area (Å²) in [6.45, 7) is 7.55. The van der Waals surface area contributed by atoms with Crippen LogP contribution in [0.15, 0.2) is 36.7 Å². The van der Waals surface area contributed by atoms with Crippen LogP contribution in [0.4, 0.5) is 5.82 Å². The number of aliphatic hydroxyl groups excluding tert-OH is 1. The average Bonchev–Trinajstić information content (AvgIpc) is 3.40. The molecule has 1 aliphatic rings. The van der Waals surface area contributed by atoms with Crippen LogP contribution in [0.25, 0.3) is 11.2 Å². The lowest BCUT2D eigenvalue weighted by atomic mass is 9.96. The fraction of sp³-hybridized carbons (Fsp3) is 0.538. The zero-order valence-electron chi connectivity index (χ0n) is 24.1. The van der Waals surface area contributed by atoms with E-state index in [4.69, 9.17) is 18.5 Å². The van der Waals surface area contributed by atoms with Gasteiger partial charge in [-0.05, 0) is 46.8 Å². The number of carbonyl (C=O) groups is 1. The molecule has 0 unspecified atom stereocenters. The van der Waals surface area contributed by atoms with E-state index in [2.05, 4.69) is 20.0 Å². The summed E-state index contributed by atoms with van der Waals surface area (Å²) in [6, 6.07) is 7.23. The highest BCUT2D eigenvalue weighted by molar-refractivity contribution is 7.52. The largest absolute Gasteiger partial charge is 0.462 e. The van der Waals surface area contributed by atoms with Gasteiger partial charge in [-0.15, -0.1) is 0 Å². The number of aryl methyl sites for hydroxylation is 1. The highest BCUT2D eigenvalue weighted by atomic mass is 31.2. The number of carbonyl (C=O) groups excluding carboxylic acids is 1. The molecular weight excluding hydrogens is 555 g/mol. The topological polar surface area (TPSA) is 170 Å². The van der Waals surface area contributed by atoms with Crippen molar-refractivity contribution in [3.63, 3.8) is 0 Å². The maximum absolute atomic E-state index is 13.8. The Morgan fingerprint density at radius 2 is 1.93 bits per heavy atom. The predicted octanol–water partition coefficient (Wildman–Crippen LogP) is 2.34. The molecule has 0 saturated carbocycles. The molecule has 0 aliphatic carbocycles. The first-order valence-corrected chi connectivity index (χ1v) is 14.7. The monoisotopic (exact) mass is 592 g/mol. The van der Waals surface area contributed by atoms with Gasteiger partial charge in [-0.25, -0.2) is 19.5 Å². The normalized spacial score (nSPS) is 24.8. The van der Waals surface area contributed by atoms with Crippen LogP contribution in [0.2, 0.25) is 0 Å². The Bertz CT molecular complexity index is 1420. The van der Waals surface area contributed by atoms with E-state index in [-0.39, 0.29) is 11.9 Å². The van der Waals surface area contributed by atoms with Crippen LogP contribution >= 0.6 is 7.75 Å². The number of benzene rings is 1. The van der Waals surface area contributed by atoms with E-state index in [9.17, 15) is 19.6 Å². The second-order valence-electron chi connectivity index (χ2n) is 10.5. The molecule has 6 atom stereocenters. The van der Waals surface area contributed by atoms with Gasteiger partial charge < -0.3 is 29.1 Å². The summed E-state index contributed by atoms with van der Waals surface area (Å²) in [7, 11) is -0.575. The minimum Gasteiger partial charge on any atom is -0.462 e. The van der Waals surface area contributed by atoms with Gasteiger partial charge in [0, 0.05) is 14.1 Å². The van der Waals surface area contributed by atoms with Crippen molar-refractivity contribution in [2.75, 3.05) is 25.6 Å². The molecule has 0 bridgehead atoms. The summed E-state index contributed by atoms with van der Waals surface area (Å²) in [5.41, 5.74) is -0.927. The highest BCUT2D eigenvalue weighted by Crippen LogP contribution is 2.47. The smallest absolute Gasteiger partial charge is 0.459 e. The maximum Gasteiger partial charge on any atom is 0.459 e. The standard InChI is InChI=1S/C26H37N6O8P/c1-15(2)38-24(34)16(3)30-41(36,40-18-11-9-8-10-12-18)37-13-19-21(33)26(5,35)25(39-19)32-14-27-20-22(31(6)7)28-17(4)29-23(20)32/h8-12,14-16,19,21,25,33,35H,13H2,1-7H3,(H,30,36)/t16-,19-,21-,25-,26-,41+/m1/s1. The molecule has 1 aromatic carbocycles. The molecule has 0 spiro atoms. The third-order valence-electron chi connectivity index (χ3n) is 6.38. The summed E-state index contributed by atoms with van der Waals surface area (Å²) < 4.78 is 38.0. The van der Waals surface area contributed by atoms with Crippen molar-refractivity contribution in [1.29, 1.82) is 0 Å². The summed E-state index contributed by atoms with van der Waals surface area (Å²) in [5, 5.41) is 25.0. The number of nitrogens with zero attached hydrogens (tertiary/aromatic N) is 5. The quantitative estimate of drug-likeness (QED) is 0.219. The van der Waals surface area contributed by atoms with Gasteiger partial charge in [-0.2, -0.15) is 5.09 Å². The molecule has 3 N–H and O–H groups in total. The third-order valence-corrected chi connectivity index (χ3v) is 8.02. The summed E-state index contributed by atoms with van der Waals surface area (Å²) in [5.74, 6) is 0.639. The van der Waals surface area contributed by atoms with Crippen molar-refractivity contribution in [1.82, 2.24) is 24.6 Å². The zero-order valence-corrected chi connectivity index (χ0v) is 25.0. The average molecular weight is 593 g/mol. The van der Waals surface area contributed by atoms with E-state index < -0.39 is 50.4 Å². The van der Waals surface area contributed by atoms with Crippen molar-refractivity contribution in [3.8, 4) is 5.75 Å². The van der Waals surface area contributed by atoms with Gasteiger partial charge in [0.25, 0.3) is 0 Å². The van der Waals surface area contributed by atoms with Crippen LogP contribution in [0.1, 0.15) is 39.7 Å². The van der Waals surface area contributed by atoms with E-state index in [1.807, 2.05) is 14.1 Å². The van der Waals surface area contributed by atoms with Crippen LogP contribution in [-0.2, 0) is 23.4 Å². The van der Waals surface area contributed by atoms with E-state index in [0.29, 0.717) is 22.8 Å². The Morgan fingerprint density at radius 3 is 2.56 bits per heavy atom. The van der Waals surface area contributed by atoms with Gasteiger partial charge in [0.05, 0.1) is 19.0 Å². The zero-order chi connectivity index (χ0) is 30.1. The second-order valence-corrected chi connectivity index (χ2v) is 12.2. The van der Waals surface area contributed by atoms with E-state index >= 15 is 0 Å². The number of hydrogen-bond donors (Lipinski definition) is 3. The Morgan fingerprint density at radius 1 is 1.24 bits per heavy atom. The molecule has 1 aliphatic heterocycles. The van der Waals surface area contributed by atoms with Crippen LogP contribution in [-0.4, -0.2) is 86.4 Å². The number of hydrogen-bond acceptors (Lipinski definition) is 12. The first-order chi connectivity index (χ1) is 19.2. The van der Waals surface area contributed by atoms with Gasteiger partial charge in [-0.1, -0.05) is 18.2 Å². The molecule has 4 rings (SSSR count). The van der Waals surface area contributed by atoms with Gasteiger partial charge in [0.1, 0.15) is 35.4 Å². The first kappa shape index (κ1) is 30.8. The minimum absolute atomic E-state index is 0.224. The maximum atomic E-state index is 13.8. The van der Waals surface area contributed by atoms with Crippen LogP contribution in [0.5, 0.6) is 5.75 Å². The summed E-state index contributed by atoms with van der Waals surface area (Å²) >= 11 is 0. The Labute approximate surface area is 238 Å². The van der Waals surface area contributed by atoms with E-state index in [0.717, 1.165) is 0 Å². The lowest BCUT2D eigenvalue weighted by Gasteiger charge is -2.27. The van der Waals surface area contributed by atoms with Crippen molar-refractivity contribution in [2.45, 2.75) is 70.8 Å². The number of aromatic nitrogens is 4. The molecule has 3 heterocycles. The van der Waals surface area contributed by atoms with E-state index in [1.54, 1.807) is 56.0 Å². The Kier molecular flexibility index (Phi) is 9.02. The van der Waals surface area contributed by atoms with Gasteiger partial charge >= 0.3 is 13.7 Å². The third kappa shape index (κ3) is 6.69. The molecular formula is C26H37N6O8P. The summed E-state index contributed by atoms with van der Waals surface area (Å²) in [6.07, 6.45) is -2.66. The van der Waals surface area contributed by atoms with Crippen molar-refractivity contribution >= 4 is 30.7 Å². The Balaban J connectivity index is 1.57. The molecule has 1 fully saturated rings. The molecule has 0 amide bonds. The number of aliphatic hydroxyl groups is 2. The fourth-order valence-corrected chi connectivity index (χ4v) is 5.88. The number of ether oxygens (including phenoxy) is 2. The van der Waals surface area contributed by atoms with Crippen molar-refractivity contribution in [2.24, 2.45) is 0 Å². The molecule has 2 aromatic heterocycles. The lowest BCUT2D eigenvalue weighted by Crippen LogP contribution is -2.44. The predicted molar refractivity (Wildman–Crippen MR) is 149 cm³/mol. The second kappa shape index (κ2) is 12.0. The minimum atomic E-state index is -4.23. The van der Waals surface area contributed by atoms with Crippen LogP contribution in [0.3, 0.4) is 0 Å². The first-order valence-electron chi connectivity index (χ1n) is 13.1. The Hall–Kier alpha value is -3.13. The van der Waals surface area contributed by atoms with Crippen LogP contribution < -0.4 is 14.5 Å². The van der Waals surface area contributed by atoms with E-state index in [1.165, 1.54) is 24.7 Å². The van der Waals surface area contributed by atoms with Crippen molar-refractivity contribution in [3.05, 3.63) is 42.5 Å². The molecule has 0 radical (unpaired) electrons. The van der Waals surface area contributed by atoms with Gasteiger partial charge in [0.15, 0.2) is 23.2 Å². The highest BCUT2D eigenvalue weighted by Gasteiger charge is 2.54.